The summed E-state index contributed by atoms with van der Waals surface area (Å²) >= 11 is 0. The minimum Gasteiger partial charge on any atom is -0.366 e. The van der Waals surface area contributed by atoms with Gasteiger partial charge in [0.05, 0.1) is 29.8 Å². The van der Waals surface area contributed by atoms with Gasteiger partial charge in [-0.2, -0.15) is 18.3 Å². The Hall–Kier alpha value is -2.78. The summed E-state index contributed by atoms with van der Waals surface area (Å²) in [7, 11) is 1.84. The molecule has 1 unspecified atom stereocenters. The number of hydrogen-bond acceptors (Lipinski definition) is 5. The molecule has 28 heavy (non-hydrogen) atoms. The Morgan fingerprint density at radius 3 is 2.86 bits per heavy atom. The number of fused-ring (bicyclic) bond motifs is 1. The highest BCUT2D eigenvalue weighted by Gasteiger charge is 2.30. The van der Waals surface area contributed by atoms with Gasteiger partial charge in [0.1, 0.15) is 5.82 Å². The van der Waals surface area contributed by atoms with Gasteiger partial charge < -0.3 is 15.5 Å². The highest BCUT2D eigenvalue weighted by Crippen LogP contribution is 2.33. The molecule has 1 aliphatic heterocycles. The van der Waals surface area contributed by atoms with Crippen LogP contribution in [0.3, 0.4) is 0 Å². The van der Waals surface area contributed by atoms with Gasteiger partial charge in [0.15, 0.2) is 0 Å². The molecule has 1 amide bonds. The lowest BCUT2D eigenvalue weighted by Gasteiger charge is -2.28. The molecule has 152 valence electrons. The molecule has 0 bridgehead atoms. The number of anilines is 3. The van der Waals surface area contributed by atoms with Crippen LogP contribution in [-0.2, 0) is 17.9 Å². The van der Waals surface area contributed by atoms with E-state index in [1.54, 1.807) is 19.3 Å². The van der Waals surface area contributed by atoms with Crippen LogP contribution in [-0.4, -0.2) is 40.4 Å². The Balaban J connectivity index is 1.62. The third-order valence-electron chi connectivity index (χ3n) is 4.47. The van der Waals surface area contributed by atoms with Crippen LogP contribution in [0, 0.1) is 12.8 Å². The number of pyridine rings is 1. The molecule has 1 atom stereocenters. The third-order valence-corrected chi connectivity index (χ3v) is 4.47. The summed E-state index contributed by atoms with van der Waals surface area (Å²) in [6.07, 6.45) is -1.63. The van der Waals surface area contributed by atoms with Crippen molar-refractivity contribution in [3.05, 3.63) is 29.7 Å². The molecular weight excluding hydrogens is 373 g/mol. The molecule has 0 fully saturated rings. The van der Waals surface area contributed by atoms with Gasteiger partial charge in [0.2, 0.25) is 5.91 Å². The molecule has 1 aliphatic rings. The van der Waals surface area contributed by atoms with Crippen molar-refractivity contribution < 1.29 is 18.0 Å². The van der Waals surface area contributed by atoms with Crippen LogP contribution in [0.2, 0.25) is 0 Å². The van der Waals surface area contributed by atoms with Crippen molar-refractivity contribution in [3.63, 3.8) is 0 Å². The predicted octanol–water partition coefficient (Wildman–Crippen LogP) is 3.18. The van der Waals surface area contributed by atoms with E-state index in [0.717, 1.165) is 11.3 Å². The highest BCUT2D eigenvalue weighted by atomic mass is 19.4. The zero-order valence-corrected chi connectivity index (χ0v) is 16.0. The van der Waals surface area contributed by atoms with Gasteiger partial charge in [-0.1, -0.05) is 6.92 Å². The van der Waals surface area contributed by atoms with Crippen LogP contribution in [0.5, 0.6) is 0 Å². The van der Waals surface area contributed by atoms with Gasteiger partial charge in [-0.3, -0.25) is 9.48 Å². The quantitative estimate of drug-likeness (QED) is 0.785. The number of hydrogen-bond donors (Lipinski definition) is 2. The van der Waals surface area contributed by atoms with Crippen LogP contribution >= 0.6 is 0 Å². The van der Waals surface area contributed by atoms with Crippen LogP contribution in [0.25, 0.3) is 0 Å². The molecular formula is C18H23F3N6O. The number of amides is 1. The van der Waals surface area contributed by atoms with Crippen molar-refractivity contribution in [2.24, 2.45) is 5.92 Å². The zero-order valence-electron chi connectivity index (χ0n) is 16.0. The highest BCUT2D eigenvalue weighted by molar-refractivity contribution is 6.02. The molecule has 0 radical (unpaired) electrons. The van der Waals surface area contributed by atoms with E-state index in [1.165, 1.54) is 4.68 Å². The number of carbonyl (C=O) groups is 1. The minimum atomic E-state index is -4.17. The second-order valence-corrected chi connectivity index (χ2v) is 7.24. The van der Waals surface area contributed by atoms with E-state index >= 15 is 0 Å². The first kappa shape index (κ1) is 20.0. The molecule has 3 heterocycles. The first-order valence-electron chi connectivity index (χ1n) is 8.95. The summed E-state index contributed by atoms with van der Waals surface area (Å²) in [4.78, 5) is 18.0. The Bertz CT molecular complexity index is 863. The Morgan fingerprint density at radius 1 is 1.39 bits per heavy atom. The number of likely N-dealkylation sites (N-methyl/N-ethyl adjacent to an activating group) is 1. The molecule has 10 heteroatoms. The van der Waals surface area contributed by atoms with Gasteiger partial charge in [-0.05, 0) is 12.8 Å². The Morgan fingerprint density at radius 2 is 2.14 bits per heavy atom. The molecule has 0 aliphatic carbocycles. The average molecular weight is 396 g/mol. The van der Waals surface area contributed by atoms with Crippen molar-refractivity contribution in [3.8, 4) is 0 Å². The largest absolute Gasteiger partial charge is 0.389 e. The van der Waals surface area contributed by atoms with E-state index in [9.17, 15) is 18.0 Å². The van der Waals surface area contributed by atoms with Crippen molar-refractivity contribution >= 4 is 23.1 Å². The van der Waals surface area contributed by atoms with E-state index in [0.29, 0.717) is 23.7 Å². The predicted molar refractivity (Wildman–Crippen MR) is 100 cm³/mol. The maximum absolute atomic E-state index is 12.5. The Kier molecular flexibility index (Phi) is 5.48. The van der Waals surface area contributed by atoms with Crippen molar-refractivity contribution in [2.75, 3.05) is 29.1 Å². The molecule has 2 aromatic heterocycles. The number of rotatable bonds is 6. The first-order valence-corrected chi connectivity index (χ1v) is 8.95. The summed E-state index contributed by atoms with van der Waals surface area (Å²) in [6, 6.07) is 1.86. The maximum Gasteiger partial charge on any atom is 0.389 e. The van der Waals surface area contributed by atoms with Crippen LogP contribution in [0.4, 0.5) is 30.4 Å². The molecule has 0 saturated heterocycles. The van der Waals surface area contributed by atoms with Gasteiger partial charge in [-0.15, -0.1) is 0 Å². The van der Waals surface area contributed by atoms with E-state index in [-0.39, 0.29) is 19.0 Å². The van der Waals surface area contributed by atoms with E-state index in [1.807, 2.05) is 24.9 Å². The lowest BCUT2D eigenvalue weighted by atomic mass is 10.1. The Labute approximate surface area is 160 Å². The second kappa shape index (κ2) is 7.69. The average Bonchev–Trinajstić information content (AvgIpc) is 2.99. The van der Waals surface area contributed by atoms with E-state index in [2.05, 4.69) is 20.7 Å². The lowest BCUT2D eigenvalue weighted by Crippen LogP contribution is -2.36. The molecule has 2 aromatic rings. The summed E-state index contributed by atoms with van der Waals surface area (Å²) in [5.41, 5.74) is 3.14. The van der Waals surface area contributed by atoms with Crippen LogP contribution in [0.15, 0.2) is 18.5 Å². The number of nitrogens with zero attached hydrogens (tertiary/aromatic N) is 4. The summed E-state index contributed by atoms with van der Waals surface area (Å²) in [5.74, 6) is 0.0293. The number of carbonyl (C=O) groups excluding carboxylic acids is 1. The van der Waals surface area contributed by atoms with Crippen molar-refractivity contribution in [1.29, 1.82) is 0 Å². The normalized spacial score (nSPS) is 15.2. The van der Waals surface area contributed by atoms with Gasteiger partial charge in [0, 0.05) is 44.4 Å². The maximum atomic E-state index is 12.5. The van der Waals surface area contributed by atoms with Gasteiger partial charge in [0.25, 0.3) is 0 Å². The fourth-order valence-corrected chi connectivity index (χ4v) is 3.25. The van der Waals surface area contributed by atoms with E-state index < -0.39 is 18.5 Å². The fraction of sp³-hybridized carbons (Fsp3) is 0.500. The number of halogens is 3. The number of alkyl halides is 3. The second-order valence-electron chi connectivity index (χ2n) is 7.24. The third kappa shape index (κ3) is 4.93. The molecule has 0 saturated carbocycles. The lowest BCUT2D eigenvalue weighted by molar-refractivity contribution is -0.144. The van der Waals surface area contributed by atoms with Crippen molar-refractivity contribution in [2.45, 2.75) is 39.5 Å². The first-order chi connectivity index (χ1) is 13.1. The fourth-order valence-electron chi connectivity index (χ4n) is 3.25. The van der Waals surface area contributed by atoms with Gasteiger partial charge in [-0.25, -0.2) is 4.98 Å². The topological polar surface area (TPSA) is 75.1 Å². The monoisotopic (exact) mass is 396 g/mol. The van der Waals surface area contributed by atoms with Crippen molar-refractivity contribution in [1.82, 2.24) is 14.8 Å². The van der Waals surface area contributed by atoms with Crippen LogP contribution < -0.4 is 15.5 Å². The van der Waals surface area contributed by atoms with E-state index in [4.69, 9.17) is 0 Å². The summed E-state index contributed by atoms with van der Waals surface area (Å²) in [5, 5.41) is 10.2. The molecule has 0 aromatic carbocycles. The summed E-state index contributed by atoms with van der Waals surface area (Å²) < 4.78 is 38.9. The SMILES string of the molecule is Cc1nc(NCc2cnn(CC(C)CC(F)(F)F)c2)cc2c1NC(=O)CN2C. The molecule has 0 spiro atoms. The number of aryl methyl sites for hydroxylation is 1. The van der Waals surface area contributed by atoms with Crippen LogP contribution in [0.1, 0.15) is 24.6 Å². The number of nitrogens with one attached hydrogen (secondary N) is 2. The zero-order chi connectivity index (χ0) is 20.5. The molecule has 7 nitrogen and oxygen atoms in total. The minimum absolute atomic E-state index is 0.0761. The molecule has 2 N–H and O–H groups in total. The summed E-state index contributed by atoms with van der Waals surface area (Å²) in [6.45, 7) is 4.31. The smallest absolute Gasteiger partial charge is 0.366 e. The molecule has 3 rings (SSSR count). The van der Waals surface area contributed by atoms with Gasteiger partial charge >= 0.3 is 6.18 Å². The number of aromatic nitrogens is 3. The standard InChI is InChI=1S/C18H23F3N6O/c1-11(5-18(19,20)21)8-27-9-13(7-23-27)6-22-15-4-14-17(12(2)24-15)25-16(28)10-26(14)3/h4,7,9,11H,5-6,8,10H2,1-3H3,(H,22,24)(H,25,28).